The number of nitrogens with zero attached hydrogens (tertiary/aromatic N) is 1. The Bertz CT molecular complexity index is 781. The van der Waals surface area contributed by atoms with Crippen molar-refractivity contribution >= 4 is 17.7 Å². The molecule has 144 valence electrons. The highest BCUT2D eigenvalue weighted by Gasteiger charge is 2.39. The van der Waals surface area contributed by atoms with Crippen LogP contribution in [-0.4, -0.2) is 59.5 Å². The van der Waals surface area contributed by atoms with Crippen molar-refractivity contribution in [1.29, 1.82) is 0 Å². The summed E-state index contributed by atoms with van der Waals surface area (Å²) in [6.07, 6.45) is 0.274. The monoisotopic (exact) mass is 372 g/mol. The van der Waals surface area contributed by atoms with E-state index in [9.17, 15) is 19.5 Å². The number of rotatable bonds is 5. The molecule has 3 amide bonds. The first-order valence-electron chi connectivity index (χ1n) is 9.39. The Morgan fingerprint density at radius 3 is 2.81 bits per heavy atom. The van der Waals surface area contributed by atoms with Crippen molar-refractivity contribution in [3.63, 3.8) is 0 Å². The van der Waals surface area contributed by atoms with Crippen molar-refractivity contribution in [2.75, 3.05) is 19.6 Å². The second-order valence-corrected chi connectivity index (χ2v) is 7.47. The molecule has 1 aromatic carbocycles. The SMILES string of the molecule is O=C1CCC(N2Cc3cccc(CNCC4CNCC4O)c3C2=O)C(=O)N1. The largest absolute Gasteiger partial charge is 0.391 e. The highest BCUT2D eigenvalue weighted by molar-refractivity contribution is 6.05. The summed E-state index contributed by atoms with van der Waals surface area (Å²) >= 11 is 0. The quantitative estimate of drug-likeness (QED) is 0.500. The number of benzene rings is 1. The predicted octanol–water partition coefficient (Wildman–Crippen LogP) is -0.882. The third-order valence-electron chi connectivity index (χ3n) is 5.66. The lowest BCUT2D eigenvalue weighted by atomic mass is 10.0. The van der Waals surface area contributed by atoms with Gasteiger partial charge in [-0.3, -0.25) is 19.7 Å². The van der Waals surface area contributed by atoms with Gasteiger partial charge < -0.3 is 20.6 Å². The molecule has 3 unspecified atom stereocenters. The first-order chi connectivity index (χ1) is 13.0. The van der Waals surface area contributed by atoms with Crippen molar-refractivity contribution < 1.29 is 19.5 Å². The molecule has 3 aliphatic rings. The number of fused-ring (bicyclic) bond motifs is 1. The zero-order chi connectivity index (χ0) is 19.0. The standard InChI is InChI=1S/C19H24N4O4/c24-15-9-21-8-13(15)7-20-6-11-2-1-3-12-10-23(19(27)17(11)12)14-4-5-16(25)22-18(14)26/h1-3,13-15,20-21,24H,4-10H2,(H,22,25,26). The predicted molar refractivity (Wildman–Crippen MR) is 96.6 cm³/mol. The van der Waals surface area contributed by atoms with Crippen molar-refractivity contribution in [2.45, 2.75) is 38.1 Å². The van der Waals surface area contributed by atoms with E-state index in [0.717, 1.165) is 17.7 Å². The number of hydrogen-bond donors (Lipinski definition) is 4. The molecule has 3 heterocycles. The van der Waals surface area contributed by atoms with Crippen LogP contribution in [0.3, 0.4) is 0 Å². The summed E-state index contributed by atoms with van der Waals surface area (Å²) in [4.78, 5) is 38.1. The Morgan fingerprint density at radius 1 is 1.22 bits per heavy atom. The second kappa shape index (κ2) is 7.38. The molecular weight excluding hydrogens is 348 g/mol. The number of imide groups is 1. The molecule has 27 heavy (non-hydrogen) atoms. The van der Waals surface area contributed by atoms with Crippen LogP contribution < -0.4 is 16.0 Å². The summed E-state index contributed by atoms with van der Waals surface area (Å²) in [6, 6.07) is 5.15. The Balaban J connectivity index is 1.45. The van der Waals surface area contributed by atoms with Gasteiger partial charge in [-0.05, 0) is 17.5 Å². The van der Waals surface area contributed by atoms with Crippen LogP contribution in [0.1, 0.15) is 34.3 Å². The average molecular weight is 372 g/mol. The summed E-state index contributed by atoms with van der Waals surface area (Å²) in [5.41, 5.74) is 2.46. The van der Waals surface area contributed by atoms with Crippen molar-refractivity contribution in [2.24, 2.45) is 5.92 Å². The van der Waals surface area contributed by atoms with E-state index in [4.69, 9.17) is 0 Å². The topological polar surface area (TPSA) is 111 Å². The van der Waals surface area contributed by atoms with E-state index < -0.39 is 11.9 Å². The molecule has 8 nitrogen and oxygen atoms in total. The van der Waals surface area contributed by atoms with Gasteiger partial charge in [0.2, 0.25) is 11.8 Å². The lowest BCUT2D eigenvalue weighted by Crippen LogP contribution is -2.52. The van der Waals surface area contributed by atoms with Gasteiger partial charge in [0.05, 0.1) is 6.10 Å². The minimum absolute atomic E-state index is 0.153. The lowest BCUT2D eigenvalue weighted by molar-refractivity contribution is -0.136. The molecule has 1 aromatic rings. The number of amides is 3. The van der Waals surface area contributed by atoms with E-state index in [1.54, 1.807) is 4.90 Å². The van der Waals surface area contributed by atoms with E-state index in [0.29, 0.717) is 38.2 Å². The third kappa shape index (κ3) is 3.47. The fraction of sp³-hybridized carbons (Fsp3) is 0.526. The smallest absolute Gasteiger partial charge is 0.255 e. The minimum Gasteiger partial charge on any atom is -0.391 e. The molecule has 0 aliphatic carbocycles. The van der Waals surface area contributed by atoms with E-state index in [2.05, 4.69) is 16.0 Å². The first-order valence-corrected chi connectivity index (χ1v) is 9.39. The number of nitrogens with one attached hydrogen (secondary N) is 3. The van der Waals surface area contributed by atoms with Crippen LogP contribution in [0.25, 0.3) is 0 Å². The average Bonchev–Trinajstić information content (AvgIpc) is 3.19. The molecule has 3 aliphatic heterocycles. The number of aliphatic hydroxyl groups is 1. The summed E-state index contributed by atoms with van der Waals surface area (Å²) in [5, 5.41) is 18.7. The molecule has 0 saturated carbocycles. The van der Waals surface area contributed by atoms with Gasteiger partial charge in [0.1, 0.15) is 6.04 Å². The van der Waals surface area contributed by atoms with E-state index >= 15 is 0 Å². The maximum Gasteiger partial charge on any atom is 0.255 e. The van der Waals surface area contributed by atoms with E-state index in [1.807, 2.05) is 18.2 Å². The maximum atomic E-state index is 13.0. The normalized spacial score (nSPS) is 27.8. The van der Waals surface area contributed by atoms with Gasteiger partial charge >= 0.3 is 0 Å². The Labute approximate surface area is 157 Å². The van der Waals surface area contributed by atoms with Gasteiger partial charge in [-0.15, -0.1) is 0 Å². The Hall–Kier alpha value is -2.29. The molecule has 0 radical (unpaired) electrons. The van der Waals surface area contributed by atoms with Gasteiger partial charge in [0, 0.05) is 50.6 Å². The fourth-order valence-electron chi connectivity index (χ4n) is 4.16. The summed E-state index contributed by atoms with van der Waals surface area (Å²) in [6.45, 7) is 2.99. The lowest BCUT2D eigenvalue weighted by Gasteiger charge is -2.29. The second-order valence-electron chi connectivity index (χ2n) is 7.47. The van der Waals surface area contributed by atoms with E-state index in [1.165, 1.54) is 0 Å². The highest BCUT2D eigenvalue weighted by atomic mass is 16.3. The highest BCUT2D eigenvalue weighted by Crippen LogP contribution is 2.29. The molecule has 4 N–H and O–H groups in total. The summed E-state index contributed by atoms with van der Waals surface area (Å²) in [5.74, 6) is -0.666. The maximum absolute atomic E-state index is 13.0. The molecule has 4 rings (SSSR count). The Morgan fingerprint density at radius 2 is 2.07 bits per heavy atom. The van der Waals surface area contributed by atoms with Crippen LogP contribution in [0.15, 0.2) is 18.2 Å². The number of carbonyl (C=O) groups excluding carboxylic acids is 3. The van der Waals surface area contributed by atoms with E-state index in [-0.39, 0.29) is 30.3 Å². The number of hydrogen-bond acceptors (Lipinski definition) is 6. The molecule has 0 bridgehead atoms. The van der Waals surface area contributed by atoms with Gasteiger partial charge in [-0.1, -0.05) is 18.2 Å². The number of piperidine rings is 1. The molecule has 2 saturated heterocycles. The number of aliphatic hydroxyl groups excluding tert-OH is 1. The summed E-state index contributed by atoms with van der Waals surface area (Å²) in [7, 11) is 0. The van der Waals surface area contributed by atoms with Crippen LogP contribution in [0, 0.1) is 5.92 Å². The minimum atomic E-state index is -0.594. The molecular formula is C19H24N4O4. The molecule has 2 fully saturated rings. The first kappa shape index (κ1) is 18.1. The zero-order valence-electron chi connectivity index (χ0n) is 15.0. The van der Waals surface area contributed by atoms with Crippen molar-refractivity contribution in [1.82, 2.24) is 20.9 Å². The third-order valence-corrected chi connectivity index (χ3v) is 5.66. The van der Waals surface area contributed by atoms with Crippen LogP contribution in [-0.2, 0) is 22.7 Å². The molecule has 3 atom stereocenters. The van der Waals surface area contributed by atoms with Gasteiger partial charge in [0.25, 0.3) is 5.91 Å². The van der Waals surface area contributed by atoms with Crippen molar-refractivity contribution in [3.05, 3.63) is 34.9 Å². The van der Waals surface area contributed by atoms with Gasteiger partial charge in [0.15, 0.2) is 0 Å². The molecule has 0 aromatic heterocycles. The number of β-amino-alcohol motifs (C(OH)–C–C–N with tert-alkyl or cyclic N) is 1. The van der Waals surface area contributed by atoms with Crippen LogP contribution >= 0.6 is 0 Å². The summed E-state index contributed by atoms with van der Waals surface area (Å²) < 4.78 is 0. The Kier molecular flexibility index (Phi) is 4.94. The van der Waals surface area contributed by atoms with Crippen LogP contribution in [0.2, 0.25) is 0 Å². The van der Waals surface area contributed by atoms with Crippen LogP contribution in [0.4, 0.5) is 0 Å². The molecule has 0 spiro atoms. The molecule has 8 heteroatoms. The van der Waals surface area contributed by atoms with Crippen molar-refractivity contribution in [3.8, 4) is 0 Å². The van der Waals surface area contributed by atoms with Crippen LogP contribution in [0.5, 0.6) is 0 Å². The zero-order valence-corrected chi connectivity index (χ0v) is 15.0. The van der Waals surface area contributed by atoms with Gasteiger partial charge in [-0.25, -0.2) is 0 Å². The number of carbonyl (C=O) groups is 3. The van der Waals surface area contributed by atoms with Gasteiger partial charge in [-0.2, -0.15) is 0 Å². The fourth-order valence-corrected chi connectivity index (χ4v) is 4.16.